The second-order valence-corrected chi connectivity index (χ2v) is 6.82. The van der Waals surface area contributed by atoms with Gasteiger partial charge in [-0.05, 0) is 47.9 Å². The lowest BCUT2D eigenvalue weighted by Crippen LogP contribution is -2.10. The van der Waals surface area contributed by atoms with Gasteiger partial charge in [0.15, 0.2) is 0 Å². The minimum atomic E-state index is 0.212. The Morgan fingerprint density at radius 3 is 2.14 bits per heavy atom. The Balaban J connectivity index is 1.75. The fourth-order valence-electron chi connectivity index (χ4n) is 2.41. The van der Waals surface area contributed by atoms with E-state index in [-0.39, 0.29) is 5.41 Å². The SMILES string of the molecule is CC(C)(C)c1ccc(C#CCCCCc2ccccc2)cc1. The van der Waals surface area contributed by atoms with E-state index >= 15 is 0 Å². The first kappa shape index (κ1) is 16.4. The third kappa shape index (κ3) is 5.41. The van der Waals surface area contributed by atoms with Gasteiger partial charge in [-0.1, -0.05) is 75.1 Å². The van der Waals surface area contributed by atoms with Crippen molar-refractivity contribution in [1.29, 1.82) is 0 Å². The van der Waals surface area contributed by atoms with Crippen LogP contribution in [0.3, 0.4) is 0 Å². The Labute approximate surface area is 135 Å². The topological polar surface area (TPSA) is 0 Å². The maximum absolute atomic E-state index is 3.30. The zero-order chi connectivity index (χ0) is 15.8. The predicted octanol–water partition coefficient (Wildman–Crippen LogP) is 5.75. The average Bonchev–Trinajstić information content (AvgIpc) is 2.51. The van der Waals surface area contributed by atoms with Crippen LogP contribution in [0.15, 0.2) is 54.6 Å². The molecule has 0 N–H and O–H groups in total. The summed E-state index contributed by atoms with van der Waals surface area (Å²) in [6.45, 7) is 6.71. The highest BCUT2D eigenvalue weighted by Gasteiger charge is 2.12. The molecule has 0 radical (unpaired) electrons. The summed E-state index contributed by atoms with van der Waals surface area (Å²) in [5.41, 5.74) is 4.12. The third-order valence-corrected chi connectivity index (χ3v) is 3.84. The summed E-state index contributed by atoms with van der Waals surface area (Å²) in [5, 5.41) is 0. The molecule has 0 nitrogen and oxygen atoms in total. The molecule has 0 atom stereocenters. The molecule has 114 valence electrons. The van der Waals surface area contributed by atoms with E-state index in [1.54, 1.807) is 0 Å². The Hall–Kier alpha value is -2.00. The maximum atomic E-state index is 3.30. The summed E-state index contributed by atoms with van der Waals surface area (Å²) < 4.78 is 0. The minimum absolute atomic E-state index is 0.212. The van der Waals surface area contributed by atoms with E-state index in [4.69, 9.17) is 0 Å². The van der Waals surface area contributed by atoms with Crippen LogP contribution in [-0.4, -0.2) is 0 Å². The van der Waals surface area contributed by atoms with Crippen molar-refractivity contribution in [2.45, 2.75) is 51.9 Å². The van der Waals surface area contributed by atoms with Crippen LogP contribution in [0.2, 0.25) is 0 Å². The average molecular weight is 290 g/mol. The summed E-state index contributed by atoms with van der Waals surface area (Å²) in [6.07, 6.45) is 4.51. The molecule has 0 heteroatoms. The highest BCUT2D eigenvalue weighted by Crippen LogP contribution is 2.21. The summed E-state index contributed by atoms with van der Waals surface area (Å²) in [5.74, 6) is 6.57. The van der Waals surface area contributed by atoms with Gasteiger partial charge in [0.2, 0.25) is 0 Å². The van der Waals surface area contributed by atoms with Crippen molar-refractivity contribution in [3.63, 3.8) is 0 Å². The number of hydrogen-bond donors (Lipinski definition) is 0. The van der Waals surface area contributed by atoms with E-state index < -0.39 is 0 Å². The van der Waals surface area contributed by atoms with Gasteiger partial charge in [-0.3, -0.25) is 0 Å². The lowest BCUT2D eigenvalue weighted by atomic mass is 9.87. The normalized spacial score (nSPS) is 10.9. The molecule has 2 aromatic rings. The number of unbranched alkanes of at least 4 members (excludes halogenated alkanes) is 2. The van der Waals surface area contributed by atoms with Crippen molar-refractivity contribution >= 4 is 0 Å². The monoisotopic (exact) mass is 290 g/mol. The van der Waals surface area contributed by atoms with Gasteiger partial charge in [-0.15, -0.1) is 0 Å². The highest BCUT2D eigenvalue weighted by molar-refractivity contribution is 5.37. The van der Waals surface area contributed by atoms with Crippen molar-refractivity contribution in [3.05, 3.63) is 71.3 Å². The quantitative estimate of drug-likeness (QED) is 0.497. The van der Waals surface area contributed by atoms with Crippen LogP contribution in [0, 0.1) is 11.8 Å². The summed E-state index contributed by atoms with van der Waals surface area (Å²) >= 11 is 0. The van der Waals surface area contributed by atoms with Crippen molar-refractivity contribution in [2.75, 3.05) is 0 Å². The van der Waals surface area contributed by atoms with Gasteiger partial charge in [0.05, 0.1) is 0 Å². The largest absolute Gasteiger partial charge is 0.0979 e. The van der Waals surface area contributed by atoms with E-state index in [1.807, 2.05) is 0 Å². The van der Waals surface area contributed by atoms with Gasteiger partial charge in [-0.25, -0.2) is 0 Å². The molecule has 0 unspecified atom stereocenters. The molecule has 0 aliphatic heterocycles. The first-order chi connectivity index (χ1) is 10.6. The van der Waals surface area contributed by atoms with Gasteiger partial charge in [0, 0.05) is 12.0 Å². The Morgan fingerprint density at radius 2 is 1.50 bits per heavy atom. The molecule has 22 heavy (non-hydrogen) atoms. The molecule has 0 heterocycles. The standard InChI is InChI=1S/C22H26/c1-22(2,3)21-17-15-20(16-18-21)14-8-5-4-7-11-19-12-9-6-10-13-19/h6,9-10,12-13,15-18H,4-5,7,11H2,1-3H3. The van der Waals surface area contributed by atoms with Gasteiger partial charge < -0.3 is 0 Å². The maximum Gasteiger partial charge on any atom is 0.0245 e. The first-order valence-corrected chi connectivity index (χ1v) is 8.19. The molecule has 0 fully saturated rings. The van der Waals surface area contributed by atoms with Gasteiger partial charge >= 0.3 is 0 Å². The lowest BCUT2D eigenvalue weighted by Gasteiger charge is -2.18. The zero-order valence-electron chi connectivity index (χ0n) is 14.0. The van der Waals surface area contributed by atoms with E-state index in [2.05, 4.69) is 87.2 Å². The Kier molecular flexibility index (Phi) is 5.84. The van der Waals surface area contributed by atoms with E-state index in [0.717, 1.165) is 18.4 Å². The molecular formula is C22H26. The Bertz CT molecular complexity index is 616. The smallest absolute Gasteiger partial charge is 0.0245 e. The fourth-order valence-corrected chi connectivity index (χ4v) is 2.41. The molecule has 0 saturated carbocycles. The van der Waals surface area contributed by atoms with Crippen molar-refractivity contribution in [3.8, 4) is 11.8 Å². The zero-order valence-corrected chi connectivity index (χ0v) is 14.0. The summed E-state index contributed by atoms with van der Waals surface area (Å²) in [4.78, 5) is 0. The third-order valence-electron chi connectivity index (χ3n) is 3.84. The van der Waals surface area contributed by atoms with Gasteiger partial charge in [0.25, 0.3) is 0 Å². The van der Waals surface area contributed by atoms with Crippen molar-refractivity contribution in [2.24, 2.45) is 0 Å². The van der Waals surface area contributed by atoms with Crippen LogP contribution in [0.1, 0.15) is 56.7 Å². The van der Waals surface area contributed by atoms with Crippen LogP contribution in [-0.2, 0) is 11.8 Å². The van der Waals surface area contributed by atoms with Gasteiger partial charge in [-0.2, -0.15) is 0 Å². The van der Waals surface area contributed by atoms with Crippen LogP contribution in [0.4, 0.5) is 0 Å². The van der Waals surface area contributed by atoms with E-state index in [1.165, 1.54) is 24.0 Å². The molecule has 2 rings (SSSR count). The van der Waals surface area contributed by atoms with Crippen LogP contribution >= 0.6 is 0 Å². The highest BCUT2D eigenvalue weighted by atomic mass is 14.2. The van der Waals surface area contributed by atoms with Gasteiger partial charge in [0.1, 0.15) is 0 Å². The second-order valence-electron chi connectivity index (χ2n) is 6.82. The Morgan fingerprint density at radius 1 is 0.818 bits per heavy atom. The molecule has 0 aromatic heterocycles. The molecule has 2 aromatic carbocycles. The fraction of sp³-hybridized carbons (Fsp3) is 0.364. The molecular weight excluding hydrogens is 264 g/mol. The summed E-state index contributed by atoms with van der Waals surface area (Å²) in [6, 6.07) is 19.3. The van der Waals surface area contributed by atoms with Crippen molar-refractivity contribution < 1.29 is 0 Å². The lowest BCUT2D eigenvalue weighted by molar-refractivity contribution is 0.590. The second kappa shape index (κ2) is 7.85. The number of aryl methyl sites for hydroxylation is 1. The molecule has 0 amide bonds. The molecule has 0 aliphatic rings. The van der Waals surface area contributed by atoms with Crippen LogP contribution in [0.5, 0.6) is 0 Å². The van der Waals surface area contributed by atoms with E-state index in [0.29, 0.717) is 0 Å². The number of rotatable bonds is 4. The molecule has 0 bridgehead atoms. The van der Waals surface area contributed by atoms with Crippen molar-refractivity contribution in [1.82, 2.24) is 0 Å². The van der Waals surface area contributed by atoms with Crippen LogP contribution < -0.4 is 0 Å². The number of benzene rings is 2. The predicted molar refractivity (Wildman–Crippen MR) is 96.0 cm³/mol. The molecule has 0 spiro atoms. The van der Waals surface area contributed by atoms with Crippen LogP contribution in [0.25, 0.3) is 0 Å². The van der Waals surface area contributed by atoms with E-state index in [9.17, 15) is 0 Å². The number of hydrogen-bond acceptors (Lipinski definition) is 0. The summed E-state index contributed by atoms with van der Waals surface area (Å²) in [7, 11) is 0. The first-order valence-electron chi connectivity index (χ1n) is 8.19. The minimum Gasteiger partial charge on any atom is -0.0979 e. The molecule has 0 saturated heterocycles. The molecule has 0 aliphatic carbocycles.